The fraction of sp³-hybridized carbons (Fsp3) is 0.227. The molecule has 2 aromatic carbocycles. The van der Waals surface area contributed by atoms with Crippen LogP contribution in [0.4, 0.5) is 0 Å². The van der Waals surface area contributed by atoms with Crippen LogP contribution in [0.2, 0.25) is 5.02 Å². The Hall–Kier alpha value is -3.32. The molecule has 3 aromatic rings. The van der Waals surface area contributed by atoms with Gasteiger partial charge in [-0.15, -0.1) is 0 Å². The fourth-order valence-electron chi connectivity index (χ4n) is 4.21. The Morgan fingerprint density at radius 1 is 1.20 bits per heavy atom. The summed E-state index contributed by atoms with van der Waals surface area (Å²) in [6.07, 6.45) is 3.13. The number of hydrogen-bond donors (Lipinski definition) is 0. The molecule has 5 rings (SSSR count). The number of esters is 1. The molecule has 1 fully saturated rings. The van der Waals surface area contributed by atoms with Crippen molar-refractivity contribution in [1.82, 2.24) is 14.5 Å². The summed E-state index contributed by atoms with van der Waals surface area (Å²) in [6, 6.07) is 11.8. The standard InChI is InChI=1S/C22H18ClN3O4/c1-29-13-5-2-6-14(11-13)30-22(28)19-20-17-9-4-10-25(17)21(27)18-15(23)7-3-8-16(18)26(20)12-24-19/h2-3,5-8,11-12,17H,4,9-10H2,1H3/t17-/m0/s1. The third-order valence-corrected chi connectivity index (χ3v) is 5.86. The van der Waals surface area contributed by atoms with E-state index in [1.165, 1.54) is 0 Å². The van der Waals surface area contributed by atoms with Gasteiger partial charge in [0.15, 0.2) is 5.69 Å². The molecule has 1 amide bonds. The average molecular weight is 424 g/mol. The number of methoxy groups -OCH3 is 1. The third-order valence-electron chi connectivity index (χ3n) is 5.54. The van der Waals surface area contributed by atoms with Crippen LogP contribution in [0, 0.1) is 0 Å². The van der Waals surface area contributed by atoms with Crippen molar-refractivity contribution in [2.75, 3.05) is 13.7 Å². The lowest BCUT2D eigenvalue weighted by atomic mass is 10.1. The molecule has 152 valence electrons. The van der Waals surface area contributed by atoms with Crippen molar-refractivity contribution in [3.8, 4) is 17.2 Å². The molecule has 0 N–H and O–H groups in total. The number of carbonyl (C=O) groups is 2. The van der Waals surface area contributed by atoms with E-state index in [1.807, 2.05) is 6.07 Å². The molecule has 2 aliphatic rings. The lowest BCUT2D eigenvalue weighted by Crippen LogP contribution is -2.30. The summed E-state index contributed by atoms with van der Waals surface area (Å²) in [5, 5.41) is 0.380. The minimum absolute atomic E-state index is 0.131. The van der Waals surface area contributed by atoms with Gasteiger partial charge in [-0.05, 0) is 37.1 Å². The smallest absolute Gasteiger partial charge is 0.364 e. The molecule has 1 atom stereocenters. The van der Waals surface area contributed by atoms with Gasteiger partial charge in [0.05, 0.1) is 35.1 Å². The van der Waals surface area contributed by atoms with E-state index in [0.717, 1.165) is 12.8 Å². The Morgan fingerprint density at radius 2 is 2.00 bits per heavy atom. The quantitative estimate of drug-likeness (QED) is 0.469. The molecule has 0 bridgehead atoms. The Labute approximate surface area is 177 Å². The zero-order chi connectivity index (χ0) is 20.8. The van der Waals surface area contributed by atoms with Crippen LogP contribution < -0.4 is 9.47 Å². The molecule has 1 aromatic heterocycles. The Bertz CT molecular complexity index is 1170. The zero-order valence-corrected chi connectivity index (χ0v) is 16.9. The monoisotopic (exact) mass is 423 g/mol. The number of rotatable bonds is 3. The number of aromatic nitrogens is 2. The maximum atomic E-state index is 13.2. The van der Waals surface area contributed by atoms with Crippen LogP contribution in [0.3, 0.4) is 0 Å². The van der Waals surface area contributed by atoms with Gasteiger partial charge in [0.1, 0.15) is 17.8 Å². The summed E-state index contributed by atoms with van der Waals surface area (Å²) in [5.74, 6) is 0.230. The molecule has 8 heteroatoms. The average Bonchev–Trinajstić information content (AvgIpc) is 3.38. The molecule has 0 saturated carbocycles. The molecule has 0 aliphatic carbocycles. The molecule has 30 heavy (non-hydrogen) atoms. The van der Waals surface area contributed by atoms with Crippen molar-refractivity contribution < 1.29 is 19.1 Å². The fourth-order valence-corrected chi connectivity index (χ4v) is 4.46. The van der Waals surface area contributed by atoms with Crippen molar-refractivity contribution in [2.24, 2.45) is 0 Å². The largest absolute Gasteiger partial charge is 0.497 e. The Balaban J connectivity index is 1.61. The summed E-state index contributed by atoms with van der Waals surface area (Å²) >= 11 is 6.39. The van der Waals surface area contributed by atoms with Gasteiger partial charge >= 0.3 is 5.97 Å². The predicted octanol–water partition coefficient (Wildman–Crippen LogP) is 4.04. The van der Waals surface area contributed by atoms with Crippen LogP contribution in [0.1, 0.15) is 45.4 Å². The highest BCUT2D eigenvalue weighted by molar-refractivity contribution is 6.34. The number of halogens is 1. The van der Waals surface area contributed by atoms with Crippen molar-refractivity contribution in [3.63, 3.8) is 0 Å². The van der Waals surface area contributed by atoms with Gasteiger partial charge in [-0.3, -0.25) is 9.36 Å². The first-order valence-corrected chi connectivity index (χ1v) is 9.99. The molecular formula is C22H18ClN3O4. The first-order valence-electron chi connectivity index (χ1n) is 9.62. The van der Waals surface area contributed by atoms with Gasteiger partial charge in [-0.25, -0.2) is 9.78 Å². The normalized spacial score (nSPS) is 17.1. The zero-order valence-electron chi connectivity index (χ0n) is 16.2. The third kappa shape index (κ3) is 2.85. The first kappa shape index (κ1) is 18.7. The highest BCUT2D eigenvalue weighted by atomic mass is 35.5. The molecule has 1 saturated heterocycles. The van der Waals surface area contributed by atoms with Gasteiger partial charge in [-0.1, -0.05) is 23.7 Å². The van der Waals surface area contributed by atoms with Crippen LogP contribution in [0.15, 0.2) is 48.8 Å². The van der Waals surface area contributed by atoms with Crippen molar-refractivity contribution in [1.29, 1.82) is 0 Å². The van der Waals surface area contributed by atoms with E-state index < -0.39 is 5.97 Å². The van der Waals surface area contributed by atoms with E-state index in [4.69, 9.17) is 21.1 Å². The lowest BCUT2D eigenvalue weighted by Gasteiger charge is -2.23. The molecule has 0 radical (unpaired) electrons. The molecule has 7 nitrogen and oxygen atoms in total. The number of amides is 1. The maximum absolute atomic E-state index is 13.2. The minimum Gasteiger partial charge on any atom is -0.497 e. The van der Waals surface area contributed by atoms with Crippen molar-refractivity contribution in [3.05, 3.63) is 70.8 Å². The summed E-state index contributed by atoms with van der Waals surface area (Å²) in [7, 11) is 1.55. The first-order chi connectivity index (χ1) is 14.6. The predicted molar refractivity (Wildman–Crippen MR) is 110 cm³/mol. The van der Waals surface area contributed by atoms with Crippen LogP contribution in [-0.4, -0.2) is 40.0 Å². The van der Waals surface area contributed by atoms with E-state index in [1.54, 1.807) is 59.3 Å². The van der Waals surface area contributed by atoms with E-state index in [-0.39, 0.29) is 17.6 Å². The molecule has 2 aliphatic heterocycles. The van der Waals surface area contributed by atoms with Crippen LogP contribution in [0.5, 0.6) is 11.5 Å². The highest BCUT2D eigenvalue weighted by Crippen LogP contribution is 2.41. The topological polar surface area (TPSA) is 73.7 Å². The number of carbonyl (C=O) groups excluding carboxylic acids is 2. The highest BCUT2D eigenvalue weighted by Gasteiger charge is 2.41. The van der Waals surface area contributed by atoms with E-state index in [9.17, 15) is 9.59 Å². The van der Waals surface area contributed by atoms with Crippen molar-refractivity contribution >= 4 is 23.5 Å². The summed E-state index contributed by atoms with van der Waals surface area (Å²) in [6.45, 7) is 0.601. The van der Waals surface area contributed by atoms with E-state index in [0.29, 0.717) is 40.0 Å². The molecule has 0 spiro atoms. The number of nitrogens with zero attached hydrogens (tertiary/aromatic N) is 3. The number of fused-ring (bicyclic) bond motifs is 5. The van der Waals surface area contributed by atoms with Gasteiger partial charge in [0.2, 0.25) is 0 Å². The molecular weight excluding hydrogens is 406 g/mol. The number of hydrogen-bond acceptors (Lipinski definition) is 5. The molecule has 0 unspecified atom stereocenters. The summed E-state index contributed by atoms with van der Waals surface area (Å²) in [5.41, 5.74) is 1.88. The van der Waals surface area contributed by atoms with Gasteiger partial charge in [0.25, 0.3) is 5.91 Å². The lowest BCUT2D eigenvalue weighted by molar-refractivity contribution is 0.0701. The van der Waals surface area contributed by atoms with Crippen LogP contribution in [0.25, 0.3) is 5.69 Å². The van der Waals surface area contributed by atoms with Gasteiger partial charge < -0.3 is 14.4 Å². The summed E-state index contributed by atoms with van der Waals surface area (Å²) in [4.78, 5) is 32.4. The SMILES string of the molecule is COc1cccc(OC(=O)c2ncn3c2[C@@H]2CCCN2C(=O)c2c(Cl)cccc2-3)c1. The van der Waals surface area contributed by atoms with Gasteiger partial charge in [-0.2, -0.15) is 0 Å². The Morgan fingerprint density at radius 3 is 2.83 bits per heavy atom. The van der Waals surface area contributed by atoms with E-state index >= 15 is 0 Å². The second-order valence-corrected chi connectivity index (χ2v) is 7.61. The molecule has 3 heterocycles. The van der Waals surface area contributed by atoms with Crippen LogP contribution >= 0.6 is 11.6 Å². The minimum atomic E-state index is -0.582. The maximum Gasteiger partial charge on any atom is 0.364 e. The van der Waals surface area contributed by atoms with Gasteiger partial charge in [0, 0.05) is 12.6 Å². The van der Waals surface area contributed by atoms with Crippen molar-refractivity contribution in [2.45, 2.75) is 18.9 Å². The Kier molecular flexibility index (Phi) is 4.47. The second kappa shape index (κ2) is 7.18. The summed E-state index contributed by atoms with van der Waals surface area (Å²) < 4.78 is 12.5. The number of imidazole rings is 1. The number of ether oxygens (including phenoxy) is 2. The number of benzene rings is 2. The van der Waals surface area contributed by atoms with Crippen LogP contribution in [-0.2, 0) is 0 Å². The second-order valence-electron chi connectivity index (χ2n) is 7.21. The van der Waals surface area contributed by atoms with E-state index in [2.05, 4.69) is 4.98 Å².